The second-order valence-corrected chi connectivity index (χ2v) is 5.35. The fraction of sp³-hybridized carbons (Fsp3) is 0.471. The van der Waals surface area contributed by atoms with Gasteiger partial charge in [-0.25, -0.2) is 0 Å². The molecule has 1 unspecified atom stereocenters. The highest BCUT2D eigenvalue weighted by Crippen LogP contribution is 2.10. The van der Waals surface area contributed by atoms with E-state index in [-0.39, 0.29) is 18.6 Å². The number of nitrogens with one attached hydrogen (secondary N) is 1. The first-order valence-electron chi connectivity index (χ1n) is 7.04. The second-order valence-electron chi connectivity index (χ2n) is 5.35. The smallest absolute Gasteiger partial charge is 0.252 e. The lowest BCUT2D eigenvalue weighted by Gasteiger charge is -2.15. The van der Waals surface area contributed by atoms with Gasteiger partial charge in [0.25, 0.3) is 5.91 Å². The molecule has 108 valence electrons. The van der Waals surface area contributed by atoms with Crippen LogP contribution in [0.2, 0.25) is 0 Å². The van der Waals surface area contributed by atoms with Crippen LogP contribution in [0.3, 0.4) is 0 Å². The number of rotatable bonds is 5. The van der Waals surface area contributed by atoms with Gasteiger partial charge in [-0.2, -0.15) is 0 Å². The van der Waals surface area contributed by atoms with Gasteiger partial charge in [0, 0.05) is 11.6 Å². The van der Waals surface area contributed by atoms with Crippen molar-refractivity contribution in [1.29, 1.82) is 0 Å². The maximum Gasteiger partial charge on any atom is 0.252 e. The van der Waals surface area contributed by atoms with Crippen LogP contribution in [0.25, 0.3) is 0 Å². The zero-order valence-electron chi connectivity index (χ0n) is 12.4. The number of benzene rings is 1. The second kappa shape index (κ2) is 8.39. The van der Waals surface area contributed by atoms with Crippen molar-refractivity contribution in [2.75, 3.05) is 6.61 Å². The Kier molecular flexibility index (Phi) is 6.83. The minimum Gasteiger partial charge on any atom is -0.384 e. The predicted octanol–water partition coefficient (Wildman–Crippen LogP) is 2.58. The van der Waals surface area contributed by atoms with Crippen LogP contribution in [0, 0.1) is 17.8 Å². The van der Waals surface area contributed by atoms with Crippen molar-refractivity contribution in [2.24, 2.45) is 5.92 Å². The van der Waals surface area contributed by atoms with Gasteiger partial charge >= 0.3 is 0 Å². The summed E-state index contributed by atoms with van der Waals surface area (Å²) in [5.74, 6) is 5.91. The van der Waals surface area contributed by atoms with Crippen LogP contribution < -0.4 is 5.32 Å². The first kappa shape index (κ1) is 16.3. The molecule has 0 aliphatic heterocycles. The van der Waals surface area contributed by atoms with Crippen LogP contribution in [0.4, 0.5) is 0 Å². The first-order chi connectivity index (χ1) is 9.54. The molecule has 3 nitrogen and oxygen atoms in total. The lowest BCUT2D eigenvalue weighted by atomic mass is 10.0. The van der Waals surface area contributed by atoms with E-state index in [1.165, 1.54) is 0 Å². The Bertz CT molecular complexity index is 497. The molecule has 0 aliphatic carbocycles. The average Bonchev–Trinajstić information content (AvgIpc) is 2.43. The topological polar surface area (TPSA) is 49.3 Å². The van der Waals surface area contributed by atoms with E-state index in [0.29, 0.717) is 17.0 Å². The highest BCUT2D eigenvalue weighted by Gasteiger charge is 2.12. The van der Waals surface area contributed by atoms with Gasteiger partial charge in [-0.1, -0.05) is 37.8 Å². The number of aliphatic hydroxyl groups is 1. The molecule has 0 radical (unpaired) electrons. The van der Waals surface area contributed by atoms with Crippen molar-refractivity contribution in [1.82, 2.24) is 5.32 Å². The van der Waals surface area contributed by atoms with E-state index < -0.39 is 0 Å². The fourth-order valence-corrected chi connectivity index (χ4v) is 1.88. The van der Waals surface area contributed by atoms with Gasteiger partial charge in [0.05, 0.1) is 5.56 Å². The summed E-state index contributed by atoms with van der Waals surface area (Å²) in [6, 6.07) is 7.34. The third-order valence-electron chi connectivity index (χ3n) is 3.03. The van der Waals surface area contributed by atoms with Gasteiger partial charge in [-0.3, -0.25) is 4.79 Å². The monoisotopic (exact) mass is 273 g/mol. The molecule has 20 heavy (non-hydrogen) atoms. The Labute approximate surface area is 121 Å². The molecule has 1 atom stereocenters. The van der Waals surface area contributed by atoms with Crippen LogP contribution in [-0.4, -0.2) is 23.7 Å². The van der Waals surface area contributed by atoms with Crippen molar-refractivity contribution >= 4 is 5.91 Å². The lowest BCUT2D eigenvalue weighted by Crippen LogP contribution is -2.33. The molecule has 0 saturated heterocycles. The third kappa shape index (κ3) is 5.46. The molecule has 0 aromatic heterocycles. The molecular weight excluding hydrogens is 250 g/mol. The normalized spacial score (nSPS) is 11.7. The quantitative estimate of drug-likeness (QED) is 0.810. The van der Waals surface area contributed by atoms with Gasteiger partial charge in [0.15, 0.2) is 0 Å². The highest BCUT2D eigenvalue weighted by molar-refractivity contribution is 5.96. The molecule has 0 bridgehead atoms. The molecule has 0 saturated carbocycles. The fourth-order valence-electron chi connectivity index (χ4n) is 1.88. The standard InChI is InChI=1S/C17H23NO2/c1-13(2)10-11-14(3)18-17(20)16-9-5-4-7-15(16)8-6-12-19/h4-5,7,9,13-14,19H,10-12H2,1-3H3,(H,18,20). The Morgan fingerprint density at radius 2 is 1.95 bits per heavy atom. The van der Waals surface area contributed by atoms with Crippen molar-refractivity contribution in [3.63, 3.8) is 0 Å². The number of hydrogen-bond donors (Lipinski definition) is 2. The van der Waals surface area contributed by atoms with Crippen molar-refractivity contribution in [2.45, 2.75) is 39.7 Å². The van der Waals surface area contributed by atoms with E-state index in [9.17, 15) is 4.79 Å². The Morgan fingerprint density at radius 3 is 2.60 bits per heavy atom. The minimum absolute atomic E-state index is 0.107. The predicted molar refractivity (Wildman–Crippen MR) is 81.4 cm³/mol. The Hall–Kier alpha value is -1.79. The van der Waals surface area contributed by atoms with E-state index in [1.807, 2.05) is 19.1 Å². The molecular formula is C17H23NO2. The van der Waals surface area contributed by atoms with Gasteiger partial charge in [0.1, 0.15) is 6.61 Å². The largest absolute Gasteiger partial charge is 0.384 e. The maximum atomic E-state index is 12.2. The number of hydrogen-bond acceptors (Lipinski definition) is 2. The average molecular weight is 273 g/mol. The number of amides is 1. The van der Waals surface area contributed by atoms with E-state index in [1.54, 1.807) is 12.1 Å². The summed E-state index contributed by atoms with van der Waals surface area (Å²) in [6.45, 7) is 6.16. The number of aliphatic hydroxyl groups excluding tert-OH is 1. The molecule has 1 aromatic carbocycles. The molecule has 3 heteroatoms. The number of carbonyl (C=O) groups is 1. The van der Waals surface area contributed by atoms with Crippen molar-refractivity contribution in [3.05, 3.63) is 35.4 Å². The van der Waals surface area contributed by atoms with Gasteiger partial charge < -0.3 is 10.4 Å². The Balaban J connectivity index is 2.72. The zero-order valence-corrected chi connectivity index (χ0v) is 12.4. The van der Waals surface area contributed by atoms with Gasteiger partial charge in [0.2, 0.25) is 0 Å². The molecule has 2 N–H and O–H groups in total. The minimum atomic E-state index is -0.208. The van der Waals surface area contributed by atoms with E-state index >= 15 is 0 Å². The summed E-state index contributed by atoms with van der Waals surface area (Å²) >= 11 is 0. The van der Waals surface area contributed by atoms with Crippen molar-refractivity contribution < 1.29 is 9.90 Å². The SMILES string of the molecule is CC(C)CCC(C)NC(=O)c1ccccc1C#CCO. The number of carbonyl (C=O) groups excluding carboxylic acids is 1. The molecule has 0 heterocycles. The molecule has 1 rings (SSSR count). The molecule has 1 aromatic rings. The summed E-state index contributed by atoms with van der Waals surface area (Å²) in [4.78, 5) is 12.2. The van der Waals surface area contributed by atoms with Gasteiger partial charge in [-0.15, -0.1) is 0 Å². The third-order valence-corrected chi connectivity index (χ3v) is 3.03. The molecule has 0 aliphatic rings. The van der Waals surface area contributed by atoms with Crippen LogP contribution in [-0.2, 0) is 0 Å². The zero-order chi connectivity index (χ0) is 15.0. The van der Waals surface area contributed by atoms with Crippen LogP contribution in [0.15, 0.2) is 24.3 Å². The summed E-state index contributed by atoms with van der Waals surface area (Å²) in [6.07, 6.45) is 2.06. The van der Waals surface area contributed by atoms with Crippen LogP contribution >= 0.6 is 0 Å². The molecule has 0 spiro atoms. The van der Waals surface area contributed by atoms with Gasteiger partial charge in [-0.05, 0) is 37.8 Å². The highest BCUT2D eigenvalue weighted by atomic mass is 16.2. The van der Waals surface area contributed by atoms with Crippen molar-refractivity contribution in [3.8, 4) is 11.8 Å². The molecule has 0 fully saturated rings. The summed E-state index contributed by atoms with van der Waals surface area (Å²) in [5.41, 5.74) is 1.21. The first-order valence-corrected chi connectivity index (χ1v) is 7.04. The van der Waals surface area contributed by atoms with E-state index in [4.69, 9.17) is 5.11 Å². The molecule has 1 amide bonds. The summed E-state index contributed by atoms with van der Waals surface area (Å²) in [7, 11) is 0. The summed E-state index contributed by atoms with van der Waals surface area (Å²) < 4.78 is 0. The lowest BCUT2D eigenvalue weighted by molar-refractivity contribution is 0.0937. The Morgan fingerprint density at radius 1 is 1.25 bits per heavy atom. The van der Waals surface area contributed by atoms with E-state index in [0.717, 1.165) is 12.8 Å². The maximum absolute atomic E-state index is 12.2. The van der Waals surface area contributed by atoms with Crippen LogP contribution in [0.1, 0.15) is 49.5 Å². The van der Waals surface area contributed by atoms with Crippen LogP contribution in [0.5, 0.6) is 0 Å². The summed E-state index contributed by atoms with van der Waals surface area (Å²) in [5, 5.41) is 11.7. The van der Waals surface area contributed by atoms with E-state index in [2.05, 4.69) is 31.0 Å².